The summed E-state index contributed by atoms with van der Waals surface area (Å²) in [7, 11) is 0. The minimum Gasteiger partial charge on any atom is -0.396 e. The molecule has 1 saturated heterocycles. The molecule has 2 heteroatoms. The van der Waals surface area contributed by atoms with Gasteiger partial charge in [0.25, 0.3) is 0 Å². The molecule has 2 nitrogen and oxygen atoms in total. The Morgan fingerprint density at radius 2 is 2.30 bits per heavy atom. The summed E-state index contributed by atoms with van der Waals surface area (Å²) in [5.74, 6) is 1.21. The lowest BCUT2D eigenvalue weighted by Crippen LogP contribution is -2.23. The van der Waals surface area contributed by atoms with Gasteiger partial charge < -0.3 is 9.84 Å². The maximum Gasteiger partial charge on any atom is 0.0579 e. The van der Waals surface area contributed by atoms with E-state index in [1.54, 1.807) is 0 Å². The Morgan fingerprint density at radius 1 is 1.40 bits per heavy atom. The smallest absolute Gasteiger partial charge is 0.0579 e. The minimum absolute atomic E-state index is 0.362. The first-order valence-electron chi connectivity index (χ1n) is 4.12. The number of aliphatic hydroxyl groups is 1. The molecule has 10 heavy (non-hydrogen) atoms. The van der Waals surface area contributed by atoms with E-state index < -0.39 is 0 Å². The molecule has 1 N–H and O–H groups in total. The number of hydrogen-bond donors (Lipinski definition) is 1. The third kappa shape index (κ3) is 0.956. The number of rotatable bonds is 1. The number of fused-ring (bicyclic) bond motifs is 2. The third-order valence-electron chi connectivity index (χ3n) is 2.87. The fraction of sp³-hybridized carbons (Fsp3) is 1.00. The Balaban J connectivity index is 2.00. The molecular weight excluding hydrogens is 128 g/mol. The van der Waals surface area contributed by atoms with Crippen LogP contribution in [0.25, 0.3) is 0 Å². The highest BCUT2D eigenvalue weighted by molar-refractivity contribution is 4.84. The number of aliphatic hydroxyl groups excluding tert-OH is 1. The van der Waals surface area contributed by atoms with Crippen LogP contribution in [0, 0.1) is 11.8 Å². The van der Waals surface area contributed by atoms with Gasteiger partial charge in [-0.2, -0.15) is 0 Å². The maximum absolute atomic E-state index is 8.96. The Labute approximate surface area is 61.2 Å². The van der Waals surface area contributed by atoms with Crippen LogP contribution < -0.4 is 0 Å². The predicted octanol–water partition coefficient (Wildman–Crippen LogP) is 0.794. The van der Waals surface area contributed by atoms with E-state index in [0.29, 0.717) is 24.5 Å². The molecular formula is C8H14O2. The quantitative estimate of drug-likeness (QED) is 0.586. The van der Waals surface area contributed by atoms with E-state index in [1.807, 2.05) is 0 Å². The fourth-order valence-corrected chi connectivity index (χ4v) is 2.14. The van der Waals surface area contributed by atoms with Crippen molar-refractivity contribution < 1.29 is 9.84 Å². The summed E-state index contributed by atoms with van der Waals surface area (Å²) < 4.78 is 5.50. The van der Waals surface area contributed by atoms with Crippen LogP contribution in [0.3, 0.4) is 0 Å². The van der Waals surface area contributed by atoms with E-state index in [0.717, 1.165) is 6.61 Å². The predicted molar refractivity (Wildman–Crippen MR) is 37.7 cm³/mol. The van der Waals surface area contributed by atoms with Crippen LogP contribution in [0.15, 0.2) is 0 Å². The zero-order valence-electron chi connectivity index (χ0n) is 6.12. The SMILES string of the molecule is OC[C@@H]1CC[C@H]2C[C@@H]1CO2. The highest BCUT2D eigenvalue weighted by Gasteiger charge is 2.35. The molecule has 2 rings (SSSR count). The topological polar surface area (TPSA) is 29.5 Å². The van der Waals surface area contributed by atoms with Crippen molar-refractivity contribution in [2.45, 2.75) is 25.4 Å². The second-order valence-electron chi connectivity index (χ2n) is 3.47. The Kier molecular flexibility index (Phi) is 1.66. The van der Waals surface area contributed by atoms with E-state index in [9.17, 15) is 0 Å². The molecule has 2 fully saturated rings. The zero-order chi connectivity index (χ0) is 6.97. The lowest BCUT2D eigenvalue weighted by atomic mass is 9.81. The molecule has 0 spiro atoms. The standard InChI is InChI=1S/C8H14O2/c9-4-6-1-2-8-3-7(6)5-10-8/h6-9H,1-5H2/t6-,7+,8-/m0/s1. The molecule has 1 aliphatic heterocycles. The van der Waals surface area contributed by atoms with Crippen LogP contribution in [0.4, 0.5) is 0 Å². The van der Waals surface area contributed by atoms with Gasteiger partial charge in [-0.15, -0.1) is 0 Å². The van der Waals surface area contributed by atoms with E-state index in [1.165, 1.54) is 19.3 Å². The third-order valence-corrected chi connectivity index (χ3v) is 2.87. The molecule has 1 heterocycles. The molecule has 1 saturated carbocycles. The average molecular weight is 142 g/mol. The van der Waals surface area contributed by atoms with Gasteiger partial charge in [0.2, 0.25) is 0 Å². The van der Waals surface area contributed by atoms with E-state index in [4.69, 9.17) is 9.84 Å². The first-order valence-corrected chi connectivity index (χ1v) is 4.12. The van der Waals surface area contributed by atoms with Crippen LogP contribution in [-0.4, -0.2) is 24.4 Å². The van der Waals surface area contributed by atoms with Crippen molar-refractivity contribution in [3.05, 3.63) is 0 Å². The lowest BCUT2D eigenvalue weighted by molar-refractivity contribution is 0.106. The molecule has 0 unspecified atom stereocenters. The van der Waals surface area contributed by atoms with Crippen molar-refractivity contribution in [3.63, 3.8) is 0 Å². The monoisotopic (exact) mass is 142 g/mol. The molecule has 58 valence electrons. The summed E-state index contributed by atoms with van der Waals surface area (Å²) in [4.78, 5) is 0. The van der Waals surface area contributed by atoms with Crippen molar-refractivity contribution in [3.8, 4) is 0 Å². The molecule has 3 atom stereocenters. The van der Waals surface area contributed by atoms with E-state index >= 15 is 0 Å². The highest BCUT2D eigenvalue weighted by atomic mass is 16.5. The van der Waals surface area contributed by atoms with Gasteiger partial charge in [-0.25, -0.2) is 0 Å². The maximum atomic E-state index is 8.96. The van der Waals surface area contributed by atoms with Gasteiger partial charge >= 0.3 is 0 Å². The van der Waals surface area contributed by atoms with Crippen LogP contribution >= 0.6 is 0 Å². The molecule has 2 bridgehead atoms. The molecule has 0 amide bonds. The van der Waals surface area contributed by atoms with Crippen LogP contribution in [0.2, 0.25) is 0 Å². The fourth-order valence-electron chi connectivity index (χ4n) is 2.14. The van der Waals surface area contributed by atoms with Gasteiger partial charge in [0.1, 0.15) is 0 Å². The normalized spacial score (nSPS) is 45.9. The molecule has 0 aromatic heterocycles. The number of ether oxygens (including phenoxy) is 1. The highest BCUT2D eigenvalue weighted by Crippen LogP contribution is 2.36. The Morgan fingerprint density at radius 3 is 3.10 bits per heavy atom. The van der Waals surface area contributed by atoms with Gasteiger partial charge in [0.15, 0.2) is 0 Å². The zero-order valence-corrected chi connectivity index (χ0v) is 6.12. The van der Waals surface area contributed by atoms with E-state index in [2.05, 4.69) is 0 Å². The van der Waals surface area contributed by atoms with Crippen molar-refractivity contribution in [1.82, 2.24) is 0 Å². The molecule has 1 aliphatic carbocycles. The summed E-state index contributed by atoms with van der Waals surface area (Å²) in [6, 6.07) is 0. The summed E-state index contributed by atoms with van der Waals surface area (Å²) in [5.41, 5.74) is 0. The average Bonchev–Trinajstić information content (AvgIpc) is 2.34. The summed E-state index contributed by atoms with van der Waals surface area (Å²) in [5, 5.41) is 8.96. The van der Waals surface area contributed by atoms with Gasteiger partial charge in [-0.3, -0.25) is 0 Å². The van der Waals surface area contributed by atoms with Crippen molar-refractivity contribution in [2.24, 2.45) is 11.8 Å². The summed E-state index contributed by atoms with van der Waals surface area (Å²) in [6.45, 7) is 1.26. The van der Waals surface area contributed by atoms with Crippen molar-refractivity contribution in [2.75, 3.05) is 13.2 Å². The van der Waals surface area contributed by atoms with Crippen molar-refractivity contribution in [1.29, 1.82) is 0 Å². The van der Waals surface area contributed by atoms with Crippen molar-refractivity contribution >= 4 is 0 Å². The van der Waals surface area contributed by atoms with Gasteiger partial charge in [-0.1, -0.05) is 0 Å². The molecule has 0 aromatic rings. The molecule has 2 aliphatic rings. The van der Waals surface area contributed by atoms with Crippen LogP contribution in [-0.2, 0) is 4.74 Å². The van der Waals surface area contributed by atoms with Gasteiger partial charge in [-0.05, 0) is 31.1 Å². The summed E-state index contributed by atoms with van der Waals surface area (Å²) >= 11 is 0. The minimum atomic E-state index is 0.362. The van der Waals surface area contributed by atoms with Crippen LogP contribution in [0.1, 0.15) is 19.3 Å². The number of hydrogen-bond acceptors (Lipinski definition) is 2. The first-order chi connectivity index (χ1) is 4.90. The second-order valence-corrected chi connectivity index (χ2v) is 3.47. The van der Waals surface area contributed by atoms with E-state index in [-0.39, 0.29) is 0 Å². The first kappa shape index (κ1) is 6.62. The largest absolute Gasteiger partial charge is 0.396 e. The van der Waals surface area contributed by atoms with Gasteiger partial charge in [0, 0.05) is 6.61 Å². The Bertz CT molecular complexity index is 124. The Hall–Kier alpha value is -0.0800. The van der Waals surface area contributed by atoms with Crippen LogP contribution in [0.5, 0.6) is 0 Å². The second kappa shape index (κ2) is 2.51. The summed E-state index contributed by atoms with van der Waals surface area (Å²) in [6.07, 6.45) is 4.08. The van der Waals surface area contributed by atoms with Gasteiger partial charge in [0.05, 0.1) is 12.7 Å². The molecule has 0 radical (unpaired) electrons. The lowest BCUT2D eigenvalue weighted by Gasteiger charge is -2.24. The molecule has 0 aromatic carbocycles.